The van der Waals surface area contributed by atoms with Gasteiger partial charge in [-0.2, -0.15) is 0 Å². The van der Waals surface area contributed by atoms with E-state index in [9.17, 15) is 14.4 Å². The van der Waals surface area contributed by atoms with Crippen molar-refractivity contribution in [3.05, 3.63) is 76.5 Å². The maximum Gasteiger partial charge on any atom is 0.335 e. The summed E-state index contributed by atoms with van der Waals surface area (Å²) in [7, 11) is 2.15. The van der Waals surface area contributed by atoms with Crippen LogP contribution in [0.2, 0.25) is 0 Å². The first-order valence-corrected chi connectivity index (χ1v) is 12.5. The van der Waals surface area contributed by atoms with Gasteiger partial charge in [-0.15, -0.1) is 0 Å². The van der Waals surface area contributed by atoms with Crippen LogP contribution in [0.3, 0.4) is 0 Å². The van der Waals surface area contributed by atoms with Crippen LogP contribution in [0.25, 0.3) is 16.5 Å². The number of aromatic carboxylic acids is 2. The number of hydrogen-bond acceptors (Lipinski definition) is 4. The van der Waals surface area contributed by atoms with Crippen molar-refractivity contribution >= 4 is 34.3 Å². The van der Waals surface area contributed by atoms with Gasteiger partial charge in [0.1, 0.15) is 0 Å². The molecule has 1 aromatic heterocycles. The molecule has 0 unspecified atom stereocenters. The van der Waals surface area contributed by atoms with Gasteiger partial charge in [0.2, 0.25) is 5.91 Å². The number of carbonyl (C=O) groups is 3. The summed E-state index contributed by atoms with van der Waals surface area (Å²) in [6.45, 7) is 8.03. The fraction of sp³-hybridized carbons (Fsp3) is 0.345. The first-order chi connectivity index (χ1) is 17.7. The van der Waals surface area contributed by atoms with E-state index in [1.54, 1.807) is 6.92 Å². The number of benzene rings is 2. The zero-order valence-corrected chi connectivity index (χ0v) is 21.6. The smallest absolute Gasteiger partial charge is 0.335 e. The zero-order chi connectivity index (χ0) is 26.9. The highest BCUT2D eigenvalue weighted by molar-refractivity contribution is 5.99. The maximum absolute atomic E-state index is 12.9. The first kappa shape index (κ1) is 26.2. The summed E-state index contributed by atoms with van der Waals surface area (Å²) in [5.74, 6) is -1.89. The number of carboxylic acid groups (broad SMARTS) is 2. The number of hydrogen-bond donors (Lipinski definition) is 3. The summed E-state index contributed by atoms with van der Waals surface area (Å²) >= 11 is 0. The molecular formula is C29H33N3O5. The highest BCUT2D eigenvalue weighted by Crippen LogP contribution is 2.40. The van der Waals surface area contributed by atoms with Crippen molar-refractivity contribution < 1.29 is 24.6 Å². The second-order valence-electron chi connectivity index (χ2n) is 9.58. The van der Waals surface area contributed by atoms with Crippen LogP contribution in [0.1, 0.15) is 51.3 Å². The van der Waals surface area contributed by atoms with Crippen molar-refractivity contribution in [3.63, 3.8) is 0 Å². The van der Waals surface area contributed by atoms with Crippen LogP contribution in [0, 0.1) is 12.8 Å². The molecular weight excluding hydrogens is 470 g/mol. The van der Waals surface area contributed by atoms with Gasteiger partial charge in [-0.3, -0.25) is 9.69 Å². The Balaban J connectivity index is 0.000000209. The number of nitrogens with zero attached hydrogens (tertiary/aromatic N) is 2. The lowest BCUT2D eigenvalue weighted by Crippen LogP contribution is -2.47. The van der Waals surface area contributed by atoms with Crippen molar-refractivity contribution in [2.75, 3.05) is 26.7 Å². The molecule has 5 rings (SSSR count). The maximum atomic E-state index is 12.9. The van der Waals surface area contributed by atoms with Crippen LogP contribution >= 0.6 is 0 Å². The van der Waals surface area contributed by atoms with E-state index in [1.165, 1.54) is 45.8 Å². The minimum Gasteiger partial charge on any atom is -0.478 e. The van der Waals surface area contributed by atoms with Crippen LogP contribution in [-0.4, -0.2) is 75.6 Å². The second kappa shape index (κ2) is 10.6. The minimum atomic E-state index is -1.06. The molecule has 2 heterocycles. The quantitative estimate of drug-likeness (QED) is 0.479. The zero-order valence-electron chi connectivity index (χ0n) is 21.6. The molecule has 0 radical (unpaired) electrons. The molecule has 8 nitrogen and oxygen atoms in total. The van der Waals surface area contributed by atoms with Gasteiger partial charge in [0, 0.05) is 42.8 Å². The van der Waals surface area contributed by atoms with Gasteiger partial charge < -0.3 is 20.1 Å². The molecule has 0 saturated heterocycles. The molecule has 3 N–H and O–H groups in total. The third-order valence-corrected chi connectivity index (χ3v) is 7.36. The Bertz CT molecular complexity index is 1390. The molecule has 1 aliphatic carbocycles. The van der Waals surface area contributed by atoms with E-state index in [0.717, 1.165) is 26.1 Å². The van der Waals surface area contributed by atoms with Gasteiger partial charge in [0.05, 0.1) is 17.0 Å². The van der Waals surface area contributed by atoms with Crippen LogP contribution < -0.4 is 0 Å². The van der Waals surface area contributed by atoms with Crippen LogP contribution in [0.4, 0.5) is 0 Å². The Morgan fingerprint density at radius 2 is 1.81 bits per heavy atom. The van der Waals surface area contributed by atoms with Crippen LogP contribution in [0.15, 0.2) is 48.7 Å². The van der Waals surface area contributed by atoms with Crippen LogP contribution in [0.5, 0.6) is 0 Å². The average molecular weight is 504 g/mol. The number of carboxylic acids is 2. The number of fused-ring (bicyclic) bond motifs is 2. The Labute approximate surface area is 216 Å². The largest absolute Gasteiger partial charge is 0.478 e. The molecule has 0 bridgehead atoms. The number of carbonyl (C=O) groups excluding carboxylic acids is 1. The topological polar surface area (TPSA) is 114 Å². The van der Waals surface area contributed by atoms with E-state index in [2.05, 4.69) is 61.3 Å². The van der Waals surface area contributed by atoms with Gasteiger partial charge in [0.15, 0.2) is 0 Å². The average Bonchev–Trinajstić information content (AvgIpc) is 3.29. The summed E-state index contributed by atoms with van der Waals surface area (Å²) in [5.41, 5.74) is 5.89. The summed E-state index contributed by atoms with van der Waals surface area (Å²) in [5, 5.41) is 18.6. The lowest BCUT2D eigenvalue weighted by atomic mass is 9.79. The number of likely N-dealkylation sites (N-methyl/N-ethyl adjacent to an activating group) is 1. The normalized spacial score (nSPS) is 18.3. The number of H-pyrrole nitrogens is 1. The van der Waals surface area contributed by atoms with Crippen molar-refractivity contribution in [2.24, 2.45) is 5.92 Å². The Morgan fingerprint density at radius 3 is 2.43 bits per heavy atom. The van der Waals surface area contributed by atoms with E-state index in [1.807, 2.05) is 4.90 Å². The van der Waals surface area contributed by atoms with Crippen molar-refractivity contribution in [2.45, 2.75) is 33.2 Å². The van der Waals surface area contributed by atoms with Gasteiger partial charge in [-0.25, -0.2) is 9.59 Å². The summed E-state index contributed by atoms with van der Waals surface area (Å²) in [6.07, 6.45) is 5.41. The Kier molecular flexibility index (Phi) is 7.50. The van der Waals surface area contributed by atoms with Crippen LogP contribution in [-0.2, 0) is 11.2 Å². The van der Waals surface area contributed by atoms with E-state index in [-0.39, 0.29) is 23.0 Å². The number of rotatable bonds is 5. The fourth-order valence-corrected chi connectivity index (χ4v) is 5.41. The van der Waals surface area contributed by atoms with Crippen molar-refractivity contribution in [1.29, 1.82) is 0 Å². The molecule has 0 spiro atoms. The van der Waals surface area contributed by atoms with Gasteiger partial charge in [-0.05, 0) is 80.8 Å². The predicted octanol–water partition coefficient (Wildman–Crippen LogP) is 4.30. The molecule has 0 fully saturated rings. The second-order valence-corrected chi connectivity index (χ2v) is 9.58. The Morgan fingerprint density at radius 1 is 1.08 bits per heavy atom. The predicted molar refractivity (Wildman–Crippen MR) is 143 cm³/mol. The molecule has 2 atom stereocenters. The first-order valence-electron chi connectivity index (χ1n) is 12.5. The molecule has 0 saturated carbocycles. The highest BCUT2D eigenvalue weighted by atomic mass is 16.4. The minimum absolute atomic E-state index is 0.0445. The third kappa shape index (κ3) is 5.02. The monoisotopic (exact) mass is 503 g/mol. The molecule has 8 heteroatoms. The number of aromatic nitrogens is 1. The lowest BCUT2D eigenvalue weighted by Gasteiger charge is -2.40. The van der Waals surface area contributed by atoms with Crippen molar-refractivity contribution in [1.82, 2.24) is 14.8 Å². The fourth-order valence-electron chi connectivity index (χ4n) is 5.41. The SMILES string of the molecule is CCN(CC)C(=O)[C@@H]1C=C2c3cccc4[nH]cc(c34)C[C@H]2N(C)C1.Cc1cc(C(=O)O)ccc1C(=O)O. The molecule has 1 aliphatic heterocycles. The molecule has 2 aliphatic rings. The highest BCUT2D eigenvalue weighted by Gasteiger charge is 2.36. The number of aryl methyl sites for hydroxylation is 1. The molecule has 37 heavy (non-hydrogen) atoms. The molecule has 2 aromatic carbocycles. The Hall–Kier alpha value is -3.91. The molecule has 194 valence electrons. The van der Waals surface area contributed by atoms with E-state index < -0.39 is 11.9 Å². The van der Waals surface area contributed by atoms with Crippen molar-refractivity contribution in [3.8, 4) is 0 Å². The van der Waals surface area contributed by atoms with Gasteiger partial charge >= 0.3 is 11.9 Å². The lowest BCUT2D eigenvalue weighted by molar-refractivity contribution is -0.134. The molecule has 1 amide bonds. The third-order valence-electron chi connectivity index (χ3n) is 7.36. The number of nitrogens with one attached hydrogen (secondary N) is 1. The van der Waals surface area contributed by atoms with Gasteiger partial charge in [-0.1, -0.05) is 18.2 Å². The standard InChI is InChI=1S/C20H25N3O.C9H8O4/c1-4-23(5-2)20(24)14-9-16-15-7-6-8-17-19(15)13(11-21-17)10-18(16)22(3)12-14;1-5-4-6(8(10)11)2-3-7(5)9(12)13/h6-9,11,14,18,21H,4-5,10,12H2,1-3H3;2-4H,1H3,(H,10,11)(H,12,13)/t14-,18-;/m1./s1. The van der Waals surface area contributed by atoms with E-state index in [4.69, 9.17) is 10.2 Å². The summed E-state index contributed by atoms with van der Waals surface area (Å²) in [4.78, 5) is 41.6. The van der Waals surface area contributed by atoms with E-state index >= 15 is 0 Å². The number of aromatic amines is 1. The van der Waals surface area contributed by atoms with Gasteiger partial charge in [0.25, 0.3) is 0 Å². The number of amides is 1. The summed E-state index contributed by atoms with van der Waals surface area (Å²) in [6, 6.07) is 10.7. The summed E-state index contributed by atoms with van der Waals surface area (Å²) < 4.78 is 0. The van der Waals surface area contributed by atoms with E-state index in [0.29, 0.717) is 11.6 Å². The molecule has 3 aromatic rings.